The number of benzene rings is 1. The van der Waals surface area contributed by atoms with Gasteiger partial charge in [0.25, 0.3) is 0 Å². The van der Waals surface area contributed by atoms with Crippen molar-refractivity contribution in [1.82, 2.24) is 0 Å². The first kappa shape index (κ1) is 10.2. The monoisotopic (exact) mass is 220 g/mol. The smallest absolute Gasteiger partial charge is 0.0728 e. The Morgan fingerprint density at radius 3 is 2.50 bits per heavy atom. The molecule has 0 N–H and O–H groups in total. The molecule has 1 aromatic rings. The first-order valence-electron chi connectivity index (χ1n) is 3.72. The highest BCUT2D eigenvalue weighted by Crippen LogP contribution is 2.34. The topological polar surface area (TPSA) is 0 Å². The van der Waals surface area contributed by atoms with Crippen molar-refractivity contribution in [3.05, 3.63) is 28.2 Å². The lowest BCUT2D eigenvalue weighted by atomic mass is 10.4. The Morgan fingerprint density at radius 2 is 1.92 bits per heavy atom. The normalized spacial score (nSPS) is 10.8. The highest BCUT2D eigenvalue weighted by Gasteiger charge is 2.05. The van der Waals surface area contributed by atoms with E-state index in [4.69, 9.17) is 23.2 Å². The molecule has 0 amide bonds. The molecule has 0 radical (unpaired) electrons. The Balaban J connectivity index is 2.92. The molecule has 66 valence electrons. The van der Waals surface area contributed by atoms with Gasteiger partial charge in [0.15, 0.2) is 0 Å². The van der Waals surface area contributed by atoms with Crippen LogP contribution in [-0.4, -0.2) is 5.25 Å². The average Bonchev–Trinajstić information content (AvgIpc) is 1.98. The van der Waals surface area contributed by atoms with Gasteiger partial charge in [-0.15, -0.1) is 11.8 Å². The molecule has 0 heterocycles. The summed E-state index contributed by atoms with van der Waals surface area (Å²) in [6.45, 7) is 4.25. The van der Waals surface area contributed by atoms with E-state index in [1.807, 2.05) is 12.1 Å². The van der Waals surface area contributed by atoms with Crippen LogP contribution in [0.5, 0.6) is 0 Å². The van der Waals surface area contributed by atoms with E-state index in [1.165, 1.54) is 0 Å². The van der Waals surface area contributed by atoms with Crippen LogP contribution in [0.1, 0.15) is 13.8 Å². The van der Waals surface area contributed by atoms with Crippen LogP contribution in [0.2, 0.25) is 10.0 Å². The molecule has 0 bridgehead atoms. The Bertz CT molecular complexity index is 271. The van der Waals surface area contributed by atoms with E-state index in [-0.39, 0.29) is 0 Å². The Labute approximate surface area is 87.3 Å². The molecule has 0 spiro atoms. The average molecular weight is 221 g/mol. The zero-order chi connectivity index (χ0) is 9.14. The maximum atomic E-state index is 5.98. The molecule has 0 saturated carbocycles. The predicted molar refractivity (Wildman–Crippen MR) is 57.5 cm³/mol. The maximum absolute atomic E-state index is 5.98. The van der Waals surface area contributed by atoms with E-state index >= 15 is 0 Å². The number of rotatable bonds is 2. The lowest BCUT2D eigenvalue weighted by molar-refractivity contribution is 1.11. The molecule has 0 aliphatic rings. The lowest BCUT2D eigenvalue weighted by Gasteiger charge is -2.07. The molecule has 0 nitrogen and oxygen atoms in total. The van der Waals surface area contributed by atoms with Gasteiger partial charge in [-0.1, -0.05) is 43.1 Å². The minimum absolute atomic E-state index is 0.529. The molecule has 0 saturated heterocycles. The van der Waals surface area contributed by atoms with E-state index in [2.05, 4.69) is 13.8 Å². The van der Waals surface area contributed by atoms with Crippen molar-refractivity contribution in [1.29, 1.82) is 0 Å². The van der Waals surface area contributed by atoms with Gasteiger partial charge in [0.2, 0.25) is 0 Å². The second-order valence-electron chi connectivity index (χ2n) is 2.72. The first-order chi connectivity index (χ1) is 5.61. The molecule has 12 heavy (non-hydrogen) atoms. The number of hydrogen-bond donors (Lipinski definition) is 0. The predicted octanol–water partition coefficient (Wildman–Crippen LogP) is 4.49. The van der Waals surface area contributed by atoms with Gasteiger partial charge >= 0.3 is 0 Å². The van der Waals surface area contributed by atoms with Crippen LogP contribution in [0.3, 0.4) is 0 Å². The van der Waals surface area contributed by atoms with Crippen molar-refractivity contribution in [2.24, 2.45) is 0 Å². The minimum atomic E-state index is 0.529. The van der Waals surface area contributed by atoms with E-state index in [0.29, 0.717) is 15.3 Å². The van der Waals surface area contributed by atoms with Gasteiger partial charge in [0.1, 0.15) is 0 Å². The third-order valence-corrected chi connectivity index (χ3v) is 3.28. The summed E-state index contributed by atoms with van der Waals surface area (Å²) >= 11 is 13.6. The van der Waals surface area contributed by atoms with Gasteiger partial charge in [0, 0.05) is 10.1 Å². The van der Waals surface area contributed by atoms with E-state index in [0.717, 1.165) is 4.90 Å². The van der Waals surface area contributed by atoms with Gasteiger partial charge in [-0.25, -0.2) is 0 Å². The molecular weight excluding hydrogens is 211 g/mol. The largest absolute Gasteiger partial charge is 0.122 e. The van der Waals surface area contributed by atoms with Crippen LogP contribution >= 0.6 is 35.0 Å². The zero-order valence-electron chi connectivity index (χ0n) is 6.97. The number of halogens is 2. The van der Waals surface area contributed by atoms with Crippen molar-refractivity contribution in [3.63, 3.8) is 0 Å². The second kappa shape index (κ2) is 4.40. The Morgan fingerprint density at radius 1 is 1.25 bits per heavy atom. The van der Waals surface area contributed by atoms with E-state index < -0.39 is 0 Å². The van der Waals surface area contributed by atoms with Crippen molar-refractivity contribution in [2.45, 2.75) is 24.0 Å². The van der Waals surface area contributed by atoms with E-state index in [1.54, 1.807) is 17.8 Å². The molecule has 0 aliphatic heterocycles. The van der Waals surface area contributed by atoms with Gasteiger partial charge < -0.3 is 0 Å². The summed E-state index contributed by atoms with van der Waals surface area (Å²) in [5.74, 6) is 0. The fraction of sp³-hybridized carbons (Fsp3) is 0.333. The zero-order valence-corrected chi connectivity index (χ0v) is 9.30. The van der Waals surface area contributed by atoms with Crippen molar-refractivity contribution in [3.8, 4) is 0 Å². The van der Waals surface area contributed by atoms with E-state index in [9.17, 15) is 0 Å². The molecule has 1 aromatic carbocycles. The number of hydrogen-bond acceptors (Lipinski definition) is 1. The minimum Gasteiger partial charge on any atom is -0.122 e. The SMILES string of the molecule is CC(C)Sc1cccc(Cl)c1Cl. The van der Waals surface area contributed by atoms with Gasteiger partial charge in [-0.05, 0) is 12.1 Å². The molecule has 0 unspecified atom stereocenters. The van der Waals surface area contributed by atoms with Gasteiger partial charge in [0.05, 0.1) is 10.0 Å². The summed E-state index contributed by atoms with van der Waals surface area (Å²) in [7, 11) is 0. The maximum Gasteiger partial charge on any atom is 0.0728 e. The van der Waals surface area contributed by atoms with Gasteiger partial charge in [-0.2, -0.15) is 0 Å². The molecule has 0 atom stereocenters. The van der Waals surface area contributed by atoms with Crippen LogP contribution in [0, 0.1) is 0 Å². The highest BCUT2D eigenvalue weighted by atomic mass is 35.5. The molecule has 3 heteroatoms. The standard InChI is InChI=1S/C9H10Cl2S/c1-6(2)12-8-5-3-4-7(10)9(8)11/h3-6H,1-2H3. The molecule has 0 aliphatic carbocycles. The highest BCUT2D eigenvalue weighted by molar-refractivity contribution is 8.00. The third kappa shape index (κ3) is 2.58. The summed E-state index contributed by atoms with van der Waals surface area (Å²) in [6, 6.07) is 5.70. The summed E-state index contributed by atoms with van der Waals surface area (Å²) in [5.41, 5.74) is 0. The van der Waals surface area contributed by atoms with Gasteiger partial charge in [-0.3, -0.25) is 0 Å². The van der Waals surface area contributed by atoms with Crippen LogP contribution in [0.25, 0.3) is 0 Å². The molecule has 0 aromatic heterocycles. The molecule has 1 rings (SSSR count). The fourth-order valence-electron chi connectivity index (χ4n) is 0.829. The quantitative estimate of drug-likeness (QED) is 0.663. The number of thioether (sulfide) groups is 1. The van der Waals surface area contributed by atoms with Crippen molar-refractivity contribution < 1.29 is 0 Å². The third-order valence-electron chi connectivity index (χ3n) is 1.28. The summed E-state index contributed by atoms with van der Waals surface area (Å²) < 4.78 is 0. The second-order valence-corrected chi connectivity index (χ2v) is 5.12. The summed E-state index contributed by atoms with van der Waals surface area (Å²) in [4.78, 5) is 1.05. The summed E-state index contributed by atoms with van der Waals surface area (Å²) in [6.07, 6.45) is 0. The van der Waals surface area contributed by atoms with Crippen molar-refractivity contribution >= 4 is 35.0 Å². The Hall–Kier alpha value is 0.150. The lowest BCUT2D eigenvalue weighted by Crippen LogP contribution is -1.86. The van der Waals surface area contributed by atoms with Crippen LogP contribution < -0.4 is 0 Å². The fourth-order valence-corrected chi connectivity index (χ4v) is 2.20. The summed E-state index contributed by atoms with van der Waals surface area (Å²) in [5, 5.41) is 1.82. The molecule has 0 fully saturated rings. The van der Waals surface area contributed by atoms with Crippen LogP contribution in [-0.2, 0) is 0 Å². The Kier molecular flexibility index (Phi) is 3.76. The first-order valence-corrected chi connectivity index (χ1v) is 5.35. The van der Waals surface area contributed by atoms with Crippen LogP contribution in [0.15, 0.2) is 23.1 Å². The molecular formula is C9H10Cl2S. The van der Waals surface area contributed by atoms with Crippen molar-refractivity contribution in [2.75, 3.05) is 0 Å². The van der Waals surface area contributed by atoms with Crippen LogP contribution in [0.4, 0.5) is 0 Å².